The van der Waals surface area contributed by atoms with E-state index in [1.54, 1.807) is 0 Å². The van der Waals surface area contributed by atoms with Gasteiger partial charge < -0.3 is 0 Å². The fourth-order valence-corrected chi connectivity index (χ4v) is 2.37. The van der Waals surface area contributed by atoms with Crippen LogP contribution in [0, 0.1) is 6.42 Å². The average molecular weight is 278 g/mol. The maximum absolute atomic E-state index is 3.76. The van der Waals surface area contributed by atoms with Crippen molar-refractivity contribution in [1.82, 2.24) is 0 Å². The standard InChI is InChI=1S/C20H37/c1-3-5-7-9-11-13-15-17-19-20-18-16-14-12-10-8-6-4-2/h3,10,12,20H,1,4-9,11,13-19H2,2H3. The lowest BCUT2D eigenvalue weighted by Gasteiger charge is -2.01. The second-order valence-electron chi connectivity index (χ2n) is 5.82. The van der Waals surface area contributed by atoms with Gasteiger partial charge in [0.2, 0.25) is 0 Å². The van der Waals surface area contributed by atoms with Crippen LogP contribution in [0.2, 0.25) is 0 Å². The summed E-state index contributed by atoms with van der Waals surface area (Å²) in [4.78, 5) is 0. The molecule has 0 rings (SSSR count). The molecule has 0 aromatic heterocycles. The van der Waals surface area contributed by atoms with Crippen molar-refractivity contribution in [2.24, 2.45) is 0 Å². The topological polar surface area (TPSA) is 0 Å². The van der Waals surface area contributed by atoms with Crippen molar-refractivity contribution in [3.05, 3.63) is 31.2 Å². The summed E-state index contributed by atoms with van der Waals surface area (Å²) in [7, 11) is 0. The highest BCUT2D eigenvalue weighted by Gasteiger charge is 1.92. The van der Waals surface area contributed by atoms with E-state index in [4.69, 9.17) is 0 Å². The van der Waals surface area contributed by atoms with Gasteiger partial charge in [0, 0.05) is 0 Å². The van der Waals surface area contributed by atoms with Gasteiger partial charge in [0.05, 0.1) is 0 Å². The molecule has 0 aliphatic rings. The minimum absolute atomic E-state index is 1.20. The van der Waals surface area contributed by atoms with E-state index in [0.29, 0.717) is 0 Å². The largest absolute Gasteiger partial charge is 0.103 e. The van der Waals surface area contributed by atoms with Crippen molar-refractivity contribution < 1.29 is 0 Å². The number of rotatable bonds is 16. The minimum atomic E-state index is 1.20. The van der Waals surface area contributed by atoms with Gasteiger partial charge in [0.25, 0.3) is 0 Å². The molecule has 0 spiro atoms. The molecule has 0 nitrogen and oxygen atoms in total. The van der Waals surface area contributed by atoms with E-state index < -0.39 is 0 Å². The minimum Gasteiger partial charge on any atom is -0.103 e. The molecule has 0 bridgehead atoms. The predicted octanol–water partition coefficient (Wildman–Crippen LogP) is 7.41. The molecule has 0 aromatic rings. The maximum Gasteiger partial charge on any atom is -0.0351 e. The third-order valence-corrected chi connectivity index (χ3v) is 3.74. The molecule has 0 atom stereocenters. The number of hydrogen-bond donors (Lipinski definition) is 0. The molecule has 0 amide bonds. The third-order valence-electron chi connectivity index (χ3n) is 3.74. The molecule has 0 heteroatoms. The monoisotopic (exact) mass is 277 g/mol. The van der Waals surface area contributed by atoms with Crippen LogP contribution < -0.4 is 0 Å². The van der Waals surface area contributed by atoms with Crippen molar-refractivity contribution in [3.8, 4) is 0 Å². The lowest BCUT2D eigenvalue weighted by atomic mass is 10.0. The highest BCUT2D eigenvalue weighted by atomic mass is 14.0. The molecular formula is C20H37. The van der Waals surface area contributed by atoms with E-state index in [2.05, 4.69) is 32.1 Å². The highest BCUT2D eigenvalue weighted by Crippen LogP contribution is 2.11. The van der Waals surface area contributed by atoms with Crippen molar-refractivity contribution in [2.75, 3.05) is 0 Å². The van der Waals surface area contributed by atoms with Crippen LogP contribution in [-0.2, 0) is 0 Å². The Kier molecular flexibility index (Phi) is 18.0. The molecule has 0 N–H and O–H groups in total. The molecule has 0 saturated heterocycles. The van der Waals surface area contributed by atoms with Gasteiger partial charge in [0.1, 0.15) is 0 Å². The Morgan fingerprint density at radius 1 is 0.600 bits per heavy atom. The molecule has 0 aliphatic carbocycles. The van der Waals surface area contributed by atoms with Crippen LogP contribution in [0.5, 0.6) is 0 Å². The second kappa shape index (κ2) is 18.5. The molecule has 0 heterocycles. The van der Waals surface area contributed by atoms with E-state index in [1.165, 1.54) is 89.9 Å². The van der Waals surface area contributed by atoms with E-state index >= 15 is 0 Å². The van der Waals surface area contributed by atoms with E-state index in [-0.39, 0.29) is 0 Å². The molecule has 0 aromatic carbocycles. The molecule has 0 aliphatic heterocycles. The van der Waals surface area contributed by atoms with Crippen LogP contribution in [0.25, 0.3) is 0 Å². The second-order valence-corrected chi connectivity index (χ2v) is 5.82. The Bertz CT molecular complexity index is 202. The van der Waals surface area contributed by atoms with Crippen LogP contribution in [0.3, 0.4) is 0 Å². The summed E-state index contributed by atoms with van der Waals surface area (Å²) < 4.78 is 0. The summed E-state index contributed by atoms with van der Waals surface area (Å²) in [5.41, 5.74) is 0. The zero-order chi connectivity index (χ0) is 14.7. The van der Waals surface area contributed by atoms with Crippen LogP contribution in [0.15, 0.2) is 24.8 Å². The van der Waals surface area contributed by atoms with E-state index in [9.17, 15) is 0 Å². The summed E-state index contributed by atoms with van der Waals surface area (Å²) in [5, 5.41) is 0. The Morgan fingerprint density at radius 2 is 1.15 bits per heavy atom. The molecule has 0 saturated carbocycles. The zero-order valence-corrected chi connectivity index (χ0v) is 13.9. The maximum atomic E-state index is 3.76. The number of allylic oxidation sites excluding steroid dienone is 3. The van der Waals surface area contributed by atoms with Crippen molar-refractivity contribution in [3.63, 3.8) is 0 Å². The Balaban J connectivity index is 2.99. The van der Waals surface area contributed by atoms with E-state index in [1.807, 2.05) is 6.08 Å². The normalized spacial score (nSPS) is 11.2. The van der Waals surface area contributed by atoms with Crippen LogP contribution in [0.4, 0.5) is 0 Å². The highest BCUT2D eigenvalue weighted by molar-refractivity contribution is 4.82. The van der Waals surface area contributed by atoms with Gasteiger partial charge in [-0.2, -0.15) is 0 Å². The van der Waals surface area contributed by atoms with Gasteiger partial charge in [-0.3, -0.25) is 0 Å². The summed E-state index contributed by atoms with van der Waals surface area (Å²) in [5.74, 6) is 0. The Hall–Kier alpha value is -0.520. The fourth-order valence-electron chi connectivity index (χ4n) is 2.37. The summed E-state index contributed by atoms with van der Waals surface area (Å²) in [6, 6.07) is 0. The van der Waals surface area contributed by atoms with Crippen LogP contribution >= 0.6 is 0 Å². The van der Waals surface area contributed by atoms with Gasteiger partial charge in [-0.05, 0) is 44.9 Å². The third kappa shape index (κ3) is 17.5. The molecule has 0 fully saturated rings. The first kappa shape index (κ1) is 19.5. The Labute approximate surface area is 128 Å². The summed E-state index contributed by atoms with van der Waals surface area (Å²) in [6.45, 7) is 6.01. The molecular weight excluding hydrogens is 240 g/mol. The van der Waals surface area contributed by atoms with Gasteiger partial charge >= 0.3 is 0 Å². The number of unbranched alkanes of at least 4 members (excludes halogenated alkanes) is 13. The van der Waals surface area contributed by atoms with Crippen LogP contribution in [-0.4, -0.2) is 0 Å². The lowest BCUT2D eigenvalue weighted by Crippen LogP contribution is -1.82. The number of hydrogen-bond acceptors (Lipinski definition) is 0. The SMILES string of the molecule is C=CCCCCCCCC[CH]CCCC=CCCCC. The first-order valence-corrected chi connectivity index (χ1v) is 8.99. The predicted molar refractivity (Wildman–Crippen MR) is 93.9 cm³/mol. The molecule has 1 radical (unpaired) electrons. The van der Waals surface area contributed by atoms with Crippen molar-refractivity contribution >= 4 is 0 Å². The van der Waals surface area contributed by atoms with Gasteiger partial charge in [-0.25, -0.2) is 0 Å². The van der Waals surface area contributed by atoms with Crippen molar-refractivity contribution in [2.45, 2.75) is 96.8 Å². The van der Waals surface area contributed by atoms with E-state index in [0.717, 1.165) is 0 Å². The molecule has 20 heavy (non-hydrogen) atoms. The Morgan fingerprint density at radius 3 is 1.80 bits per heavy atom. The molecule has 0 unspecified atom stereocenters. The average Bonchev–Trinajstić information content (AvgIpc) is 2.47. The van der Waals surface area contributed by atoms with Crippen molar-refractivity contribution in [1.29, 1.82) is 0 Å². The first-order valence-electron chi connectivity index (χ1n) is 8.99. The van der Waals surface area contributed by atoms with Gasteiger partial charge in [0.15, 0.2) is 0 Å². The van der Waals surface area contributed by atoms with Crippen LogP contribution in [0.1, 0.15) is 96.8 Å². The first-order chi connectivity index (χ1) is 9.91. The van der Waals surface area contributed by atoms with Gasteiger partial charge in [-0.1, -0.05) is 76.5 Å². The quantitative estimate of drug-likeness (QED) is 0.203. The summed E-state index contributed by atoms with van der Waals surface area (Å²) in [6.07, 6.45) is 28.0. The zero-order valence-electron chi connectivity index (χ0n) is 13.9. The molecule has 117 valence electrons. The lowest BCUT2D eigenvalue weighted by molar-refractivity contribution is 0.589. The summed E-state index contributed by atoms with van der Waals surface area (Å²) >= 11 is 0. The smallest absolute Gasteiger partial charge is 0.0351 e. The van der Waals surface area contributed by atoms with Gasteiger partial charge in [-0.15, -0.1) is 6.58 Å². The fraction of sp³-hybridized carbons (Fsp3) is 0.750.